The molecule has 0 atom stereocenters. The molecule has 0 bridgehead atoms. The Balaban J connectivity index is 2.11. The number of para-hydroxylation sites is 2. The summed E-state index contributed by atoms with van der Waals surface area (Å²) >= 11 is 0. The van der Waals surface area contributed by atoms with E-state index in [1.165, 1.54) is 16.8 Å². The molecule has 0 amide bonds. The number of nitrogens with zero attached hydrogens (tertiary/aromatic N) is 1. The monoisotopic (exact) mass is 280 g/mol. The minimum atomic E-state index is 0.108. The predicted molar refractivity (Wildman–Crippen MR) is 86.9 cm³/mol. The van der Waals surface area contributed by atoms with E-state index in [0.717, 1.165) is 11.3 Å². The van der Waals surface area contributed by atoms with E-state index in [1.807, 2.05) is 0 Å². The minimum absolute atomic E-state index is 0.108. The van der Waals surface area contributed by atoms with Crippen LogP contribution in [-0.2, 0) is 5.41 Å². The van der Waals surface area contributed by atoms with E-state index in [-0.39, 0.29) is 5.41 Å². The summed E-state index contributed by atoms with van der Waals surface area (Å²) in [5.74, 6) is 1.00. The maximum absolute atomic E-state index is 5.98. The lowest BCUT2D eigenvalue weighted by molar-refractivity contribution is -0.477. The van der Waals surface area contributed by atoms with Gasteiger partial charge in [-0.3, -0.25) is 0 Å². The van der Waals surface area contributed by atoms with Crippen molar-refractivity contribution >= 4 is 11.9 Å². The van der Waals surface area contributed by atoms with Crippen molar-refractivity contribution < 1.29 is 9.31 Å². The number of hydrogen-bond acceptors (Lipinski definition) is 1. The highest BCUT2D eigenvalue weighted by Gasteiger charge is 2.27. The van der Waals surface area contributed by atoms with Crippen molar-refractivity contribution in [1.82, 2.24) is 0 Å². The van der Waals surface area contributed by atoms with Crippen LogP contribution >= 0.6 is 0 Å². The Morgan fingerprint density at radius 2 is 1.76 bits per heavy atom. The van der Waals surface area contributed by atoms with Crippen molar-refractivity contribution in [3.63, 3.8) is 0 Å². The van der Waals surface area contributed by atoms with Crippen LogP contribution in [0.15, 0.2) is 42.5 Å². The van der Waals surface area contributed by atoms with Crippen molar-refractivity contribution in [3.8, 4) is 5.75 Å². The topological polar surface area (TPSA) is 12.2 Å². The lowest BCUT2D eigenvalue weighted by Crippen LogP contribution is -2.24. The molecule has 21 heavy (non-hydrogen) atoms. The zero-order valence-corrected chi connectivity index (χ0v) is 13.2. The first-order chi connectivity index (χ1) is 9.97. The maximum Gasteiger partial charge on any atom is 0.292 e. The molecule has 0 aliphatic carbocycles. The quantitative estimate of drug-likeness (QED) is 0.705. The molecule has 0 saturated carbocycles. The van der Waals surface area contributed by atoms with Crippen LogP contribution < -0.4 is 4.74 Å². The van der Waals surface area contributed by atoms with Gasteiger partial charge in [-0.1, -0.05) is 51.1 Å². The van der Waals surface area contributed by atoms with Crippen molar-refractivity contribution in [2.24, 2.45) is 0 Å². The zero-order chi connectivity index (χ0) is 15.0. The molecular weight excluding hydrogens is 258 g/mol. The molecule has 3 rings (SSSR count). The van der Waals surface area contributed by atoms with Gasteiger partial charge < -0.3 is 4.74 Å². The Morgan fingerprint density at radius 3 is 2.52 bits per heavy atom. The second kappa shape index (κ2) is 5.03. The van der Waals surface area contributed by atoms with Gasteiger partial charge >= 0.3 is 0 Å². The highest BCUT2D eigenvalue weighted by Crippen LogP contribution is 2.33. The molecule has 0 unspecified atom stereocenters. The average molecular weight is 280 g/mol. The van der Waals surface area contributed by atoms with Gasteiger partial charge in [-0.05, 0) is 24.0 Å². The number of hydrogen-bond donors (Lipinski definition) is 0. The predicted octanol–water partition coefficient (Wildman–Crippen LogP) is 4.41. The summed E-state index contributed by atoms with van der Waals surface area (Å²) in [6.45, 7) is 9.38. The van der Waals surface area contributed by atoms with Crippen molar-refractivity contribution in [2.75, 3.05) is 6.73 Å². The molecule has 0 spiro atoms. The van der Waals surface area contributed by atoms with Gasteiger partial charge in [0.2, 0.25) is 5.69 Å². The Kier molecular flexibility index (Phi) is 3.32. The van der Waals surface area contributed by atoms with Crippen LogP contribution in [0.4, 0.5) is 5.69 Å². The van der Waals surface area contributed by atoms with Crippen LogP contribution in [0.5, 0.6) is 5.75 Å². The summed E-state index contributed by atoms with van der Waals surface area (Å²) < 4.78 is 8.18. The first-order valence-corrected chi connectivity index (χ1v) is 7.40. The molecule has 0 radical (unpaired) electrons. The SMILES string of the molecule is Cc1cccc2c1OC[N+](c1ccccc1C(C)(C)C)=C2. The Labute approximate surface area is 126 Å². The summed E-state index contributed by atoms with van der Waals surface area (Å²) in [5.41, 5.74) is 4.99. The number of benzene rings is 2. The van der Waals surface area contributed by atoms with Crippen LogP contribution in [0, 0.1) is 6.92 Å². The molecule has 108 valence electrons. The second-order valence-electron chi connectivity index (χ2n) is 6.63. The van der Waals surface area contributed by atoms with E-state index in [0.29, 0.717) is 6.73 Å². The van der Waals surface area contributed by atoms with Crippen molar-refractivity contribution in [1.29, 1.82) is 0 Å². The van der Waals surface area contributed by atoms with E-state index in [2.05, 4.69) is 80.9 Å². The lowest BCUT2D eigenvalue weighted by Gasteiger charge is -2.22. The normalized spacial score (nSPS) is 14.2. The summed E-state index contributed by atoms with van der Waals surface area (Å²) in [4.78, 5) is 0. The van der Waals surface area contributed by atoms with Gasteiger partial charge in [0, 0.05) is 11.6 Å². The standard InChI is InChI=1S/C19H22NO/c1-14-8-7-9-15-12-20(13-21-18(14)15)17-11-6-5-10-16(17)19(2,3)4/h5-12H,13H2,1-4H3/q+1. The largest absolute Gasteiger partial charge is 0.435 e. The first kappa shape index (κ1) is 13.9. The van der Waals surface area contributed by atoms with Gasteiger partial charge in [0.25, 0.3) is 6.73 Å². The van der Waals surface area contributed by atoms with E-state index in [1.54, 1.807) is 0 Å². The smallest absolute Gasteiger partial charge is 0.292 e. The van der Waals surface area contributed by atoms with E-state index in [4.69, 9.17) is 4.74 Å². The minimum Gasteiger partial charge on any atom is -0.435 e. The Morgan fingerprint density at radius 1 is 1.00 bits per heavy atom. The molecule has 0 N–H and O–H groups in total. The number of fused-ring (bicyclic) bond motifs is 1. The van der Waals surface area contributed by atoms with Crippen LogP contribution in [0.25, 0.3) is 0 Å². The summed E-state index contributed by atoms with van der Waals surface area (Å²) in [6, 6.07) is 14.8. The molecule has 2 nitrogen and oxygen atoms in total. The number of aryl methyl sites for hydroxylation is 1. The second-order valence-corrected chi connectivity index (χ2v) is 6.63. The zero-order valence-electron chi connectivity index (χ0n) is 13.2. The fourth-order valence-electron chi connectivity index (χ4n) is 2.81. The molecule has 1 heterocycles. The molecule has 1 aliphatic rings. The van der Waals surface area contributed by atoms with Crippen molar-refractivity contribution in [2.45, 2.75) is 33.1 Å². The molecule has 2 aromatic rings. The molecule has 0 fully saturated rings. The van der Waals surface area contributed by atoms with Gasteiger partial charge in [-0.25, -0.2) is 0 Å². The molecule has 1 aliphatic heterocycles. The molecule has 2 aromatic carbocycles. The number of ether oxygens (including phenoxy) is 1. The van der Waals surface area contributed by atoms with Crippen molar-refractivity contribution in [3.05, 3.63) is 59.2 Å². The van der Waals surface area contributed by atoms with Gasteiger partial charge in [-0.15, -0.1) is 0 Å². The highest BCUT2D eigenvalue weighted by atomic mass is 16.5. The van der Waals surface area contributed by atoms with Gasteiger partial charge in [0.15, 0.2) is 6.21 Å². The van der Waals surface area contributed by atoms with Gasteiger partial charge in [0.05, 0.1) is 5.56 Å². The molecular formula is C19H22NO+. The third-order valence-electron chi connectivity index (χ3n) is 3.91. The Hall–Kier alpha value is -2.09. The van der Waals surface area contributed by atoms with Crippen LogP contribution in [0.1, 0.15) is 37.5 Å². The first-order valence-electron chi connectivity index (χ1n) is 7.40. The van der Waals surface area contributed by atoms with Crippen LogP contribution in [-0.4, -0.2) is 17.5 Å². The Bertz CT molecular complexity index is 708. The molecule has 0 aromatic heterocycles. The summed E-state index contributed by atoms with van der Waals surface area (Å²) in [6.07, 6.45) is 2.19. The third-order valence-corrected chi connectivity index (χ3v) is 3.91. The average Bonchev–Trinajstić information content (AvgIpc) is 2.46. The van der Waals surface area contributed by atoms with Gasteiger partial charge in [-0.2, -0.15) is 4.58 Å². The summed E-state index contributed by atoms with van der Waals surface area (Å²) in [5, 5.41) is 0. The van der Waals surface area contributed by atoms with E-state index >= 15 is 0 Å². The van der Waals surface area contributed by atoms with Crippen LogP contribution in [0.3, 0.4) is 0 Å². The highest BCUT2D eigenvalue weighted by molar-refractivity contribution is 5.82. The van der Waals surface area contributed by atoms with Gasteiger partial charge in [0.1, 0.15) is 5.75 Å². The van der Waals surface area contributed by atoms with E-state index < -0.39 is 0 Å². The summed E-state index contributed by atoms with van der Waals surface area (Å²) in [7, 11) is 0. The van der Waals surface area contributed by atoms with E-state index in [9.17, 15) is 0 Å². The fraction of sp³-hybridized carbons (Fsp3) is 0.316. The number of rotatable bonds is 1. The molecule has 2 heteroatoms. The lowest BCUT2D eigenvalue weighted by atomic mass is 9.85. The molecule has 0 saturated heterocycles. The maximum atomic E-state index is 5.98. The van der Waals surface area contributed by atoms with Crippen LogP contribution in [0.2, 0.25) is 0 Å². The third kappa shape index (κ3) is 2.58. The fourth-order valence-corrected chi connectivity index (χ4v) is 2.81.